The van der Waals surface area contributed by atoms with Crippen molar-refractivity contribution in [2.24, 2.45) is 23.2 Å². The Balaban J connectivity index is 1.45. The molecule has 4 bridgehead atoms. The number of nitrogens with one attached hydrogen (secondary N) is 1. The summed E-state index contributed by atoms with van der Waals surface area (Å²) in [7, 11) is 0. The lowest BCUT2D eigenvalue weighted by Gasteiger charge is -2.56. The minimum Gasteiger partial charge on any atom is -0.480 e. The number of hydrogen-bond donors (Lipinski definition) is 2. The van der Waals surface area contributed by atoms with Crippen LogP contribution in [0.25, 0.3) is 0 Å². The topological polar surface area (TPSA) is 86.7 Å². The van der Waals surface area contributed by atoms with Crippen molar-refractivity contribution in [2.45, 2.75) is 89.6 Å². The van der Waals surface area contributed by atoms with E-state index >= 15 is 0 Å². The molecule has 0 spiro atoms. The average Bonchev–Trinajstić information content (AvgIpc) is 3.12. The summed E-state index contributed by atoms with van der Waals surface area (Å²) in [6, 6.07) is -1.35. The second kappa shape index (κ2) is 7.68. The maximum atomic E-state index is 13.6. The molecule has 5 rings (SSSR count). The molecule has 6 nitrogen and oxygen atoms in total. The van der Waals surface area contributed by atoms with Crippen LogP contribution in [0.2, 0.25) is 0 Å². The second-order valence-corrected chi connectivity index (χ2v) is 9.90. The van der Waals surface area contributed by atoms with Gasteiger partial charge in [-0.25, -0.2) is 4.79 Å². The summed E-state index contributed by atoms with van der Waals surface area (Å²) in [5, 5.41) is 12.1. The van der Waals surface area contributed by atoms with Gasteiger partial charge >= 0.3 is 5.97 Å². The van der Waals surface area contributed by atoms with Crippen molar-refractivity contribution < 1.29 is 19.5 Å². The van der Waals surface area contributed by atoms with E-state index in [9.17, 15) is 19.5 Å². The zero-order valence-corrected chi connectivity index (χ0v) is 17.0. The molecule has 6 heteroatoms. The van der Waals surface area contributed by atoms with E-state index < -0.39 is 18.1 Å². The molecule has 5 fully saturated rings. The van der Waals surface area contributed by atoms with Crippen LogP contribution >= 0.6 is 0 Å². The molecule has 2 N–H and O–H groups in total. The van der Waals surface area contributed by atoms with Crippen LogP contribution in [0.15, 0.2) is 0 Å². The first-order valence-electron chi connectivity index (χ1n) is 11.3. The van der Waals surface area contributed by atoms with Gasteiger partial charge < -0.3 is 15.3 Å². The van der Waals surface area contributed by atoms with Crippen LogP contribution in [-0.4, -0.2) is 46.4 Å². The summed E-state index contributed by atoms with van der Waals surface area (Å²) in [6.45, 7) is 2.63. The van der Waals surface area contributed by atoms with Gasteiger partial charge in [0.05, 0.1) is 5.41 Å². The maximum Gasteiger partial charge on any atom is 0.326 e. The summed E-state index contributed by atoms with van der Waals surface area (Å²) in [5.41, 5.74) is -0.244. The van der Waals surface area contributed by atoms with Crippen molar-refractivity contribution in [2.75, 3.05) is 6.54 Å². The molecule has 1 unspecified atom stereocenters. The number of unbranched alkanes of at least 4 members (excludes halogenated alkanes) is 1. The molecular weight excluding hydrogens is 356 g/mol. The van der Waals surface area contributed by atoms with Gasteiger partial charge in [-0.15, -0.1) is 0 Å². The smallest absolute Gasteiger partial charge is 0.326 e. The average molecular weight is 391 g/mol. The Labute approximate surface area is 167 Å². The minimum atomic E-state index is -0.987. The third kappa shape index (κ3) is 3.55. The molecule has 1 aliphatic heterocycles. The number of hydrogen-bond acceptors (Lipinski definition) is 3. The highest BCUT2D eigenvalue weighted by atomic mass is 16.4. The number of amides is 2. The quantitative estimate of drug-likeness (QED) is 0.700. The van der Waals surface area contributed by atoms with E-state index in [1.54, 1.807) is 4.90 Å². The fourth-order valence-corrected chi connectivity index (χ4v) is 6.89. The Morgan fingerprint density at radius 1 is 1.11 bits per heavy atom. The van der Waals surface area contributed by atoms with Gasteiger partial charge in [0.2, 0.25) is 11.8 Å². The van der Waals surface area contributed by atoms with Crippen LogP contribution in [0, 0.1) is 23.2 Å². The summed E-state index contributed by atoms with van der Waals surface area (Å²) in [4.78, 5) is 39.8. The molecule has 1 heterocycles. The molecule has 2 atom stereocenters. The Bertz CT molecular complexity index is 611. The zero-order chi connectivity index (χ0) is 19.9. The van der Waals surface area contributed by atoms with E-state index in [0.717, 1.165) is 38.5 Å². The molecule has 5 aliphatic rings. The Hall–Kier alpha value is -1.59. The normalized spacial score (nSPS) is 37.1. The molecule has 0 radical (unpaired) electrons. The molecule has 2 amide bonds. The lowest BCUT2D eigenvalue weighted by molar-refractivity contribution is -0.160. The summed E-state index contributed by atoms with van der Waals surface area (Å²) >= 11 is 0. The number of likely N-dealkylation sites (tertiary alicyclic amines) is 1. The van der Waals surface area contributed by atoms with Crippen LogP contribution in [0.3, 0.4) is 0 Å². The van der Waals surface area contributed by atoms with Crippen LogP contribution < -0.4 is 5.32 Å². The highest BCUT2D eigenvalue weighted by Gasteiger charge is 2.56. The fourth-order valence-electron chi connectivity index (χ4n) is 6.89. The summed E-state index contributed by atoms with van der Waals surface area (Å²) in [5.74, 6) is 0.990. The first-order chi connectivity index (χ1) is 13.4. The molecule has 1 saturated heterocycles. The second-order valence-electron chi connectivity index (χ2n) is 9.90. The zero-order valence-electron chi connectivity index (χ0n) is 17.0. The number of aliphatic carboxylic acids is 1. The van der Waals surface area contributed by atoms with Gasteiger partial charge in [-0.1, -0.05) is 19.8 Å². The number of carbonyl (C=O) groups is 3. The molecule has 156 valence electrons. The van der Waals surface area contributed by atoms with Gasteiger partial charge in [-0.05, 0) is 75.5 Å². The number of carbonyl (C=O) groups excluding carboxylic acids is 2. The van der Waals surface area contributed by atoms with Crippen LogP contribution in [-0.2, 0) is 14.4 Å². The lowest BCUT2D eigenvalue weighted by Crippen LogP contribution is -2.58. The first kappa shape index (κ1) is 19.7. The third-order valence-electron chi connectivity index (χ3n) is 7.77. The molecule has 0 aromatic heterocycles. The minimum absolute atomic E-state index is 0.185. The number of carboxylic acid groups (broad SMARTS) is 1. The lowest BCUT2D eigenvalue weighted by atomic mass is 9.49. The molecule has 0 aromatic carbocycles. The Kier molecular flexibility index (Phi) is 5.41. The summed E-state index contributed by atoms with van der Waals surface area (Å²) < 4.78 is 0. The molecule has 4 saturated carbocycles. The van der Waals surface area contributed by atoms with E-state index in [2.05, 4.69) is 5.32 Å². The molecule has 0 aromatic rings. The third-order valence-corrected chi connectivity index (χ3v) is 7.77. The molecule has 28 heavy (non-hydrogen) atoms. The monoisotopic (exact) mass is 390 g/mol. The van der Waals surface area contributed by atoms with Gasteiger partial charge in [-0.3, -0.25) is 9.59 Å². The van der Waals surface area contributed by atoms with Crippen molar-refractivity contribution in [1.29, 1.82) is 0 Å². The highest BCUT2D eigenvalue weighted by molar-refractivity contribution is 5.92. The van der Waals surface area contributed by atoms with Crippen molar-refractivity contribution in [3.63, 3.8) is 0 Å². The fraction of sp³-hybridized carbons (Fsp3) is 0.864. The highest BCUT2D eigenvalue weighted by Crippen LogP contribution is 2.60. The van der Waals surface area contributed by atoms with Crippen LogP contribution in [0.1, 0.15) is 77.6 Å². The van der Waals surface area contributed by atoms with Crippen LogP contribution in [0.4, 0.5) is 0 Å². The van der Waals surface area contributed by atoms with Crippen LogP contribution in [0.5, 0.6) is 0 Å². The van der Waals surface area contributed by atoms with E-state index in [1.807, 2.05) is 6.92 Å². The number of rotatable bonds is 7. The van der Waals surface area contributed by atoms with Gasteiger partial charge in [0.1, 0.15) is 12.1 Å². The van der Waals surface area contributed by atoms with E-state index in [0.29, 0.717) is 37.1 Å². The van der Waals surface area contributed by atoms with Crippen molar-refractivity contribution in [1.82, 2.24) is 10.2 Å². The van der Waals surface area contributed by atoms with E-state index in [-0.39, 0.29) is 17.2 Å². The van der Waals surface area contributed by atoms with Gasteiger partial charge in [0, 0.05) is 6.54 Å². The Morgan fingerprint density at radius 2 is 1.71 bits per heavy atom. The Morgan fingerprint density at radius 3 is 2.25 bits per heavy atom. The molecular formula is C22H34N2O4. The van der Waals surface area contributed by atoms with Crippen molar-refractivity contribution >= 4 is 17.8 Å². The van der Waals surface area contributed by atoms with Gasteiger partial charge in [0.25, 0.3) is 0 Å². The largest absolute Gasteiger partial charge is 0.480 e. The SMILES string of the molecule is CCCC[C@H](NC(=O)C1CCCN1C(=O)C12CC3CC(CC(C3)C1)C2)C(=O)O. The van der Waals surface area contributed by atoms with E-state index in [4.69, 9.17) is 0 Å². The predicted molar refractivity (Wildman–Crippen MR) is 104 cm³/mol. The first-order valence-corrected chi connectivity index (χ1v) is 11.3. The van der Waals surface area contributed by atoms with Crippen molar-refractivity contribution in [3.05, 3.63) is 0 Å². The number of carboxylic acids is 1. The van der Waals surface area contributed by atoms with E-state index in [1.165, 1.54) is 19.3 Å². The molecule has 4 aliphatic carbocycles. The van der Waals surface area contributed by atoms with Gasteiger partial charge in [-0.2, -0.15) is 0 Å². The van der Waals surface area contributed by atoms with Gasteiger partial charge in [0.15, 0.2) is 0 Å². The standard InChI is InChI=1S/C22H34N2O4/c1-2-3-5-17(20(26)27)23-19(25)18-6-4-7-24(18)21(28)22-11-14-8-15(12-22)10-16(9-14)13-22/h14-18H,2-13H2,1H3,(H,23,25)(H,26,27)/t14?,15?,16?,17-,18?,22?/m0/s1. The number of nitrogens with zero attached hydrogens (tertiary/aromatic N) is 1. The predicted octanol–water partition coefficient (Wildman–Crippen LogP) is 2.95. The maximum absolute atomic E-state index is 13.6. The summed E-state index contributed by atoms with van der Waals surface area (Å²) in [6.07, 6.45) is 10.4. The van der Waals surface area contributed by atoms with Crippen molar-refractivity contribution in [3.8, 4) is 0 Å².